The van der Waals surface area contributed by atoms with Crippen LogP contribution in [-0.2, 0) is 24.5 Å². The quantitative estimate of drug-likeness (QED) is 0.516. The molecule has 1 N–H and O–H groups in total. The summed E-state index contributed by atoms with van der Waals surface area (Å²) in [7, 11) is 0. The van der Waals surface area contributed by atoms with E-state index in [1.807, 2.05) is 24.3 Å². The number of ether oxygens (including phenoxy) is 2. The zero-order valence-corrected chi connectivity index (χ0v) is 13.5. The van der Waals surface area contributed by atoms with Gasteiger partial charge in [0.1, 0.15) is 0 Å². The predicted octanol–water partition coefficient (Wildman–Crippen LogP) is 3.12. The molecular formula is C17H21NO4. The summed E-state index contributed by atoms with van der Waals surface area (Å²) in [6.07, 6.45) is 1.32. The van der Waals surface area contributed by atoms with Crippen molar-refractivity contribution in [2.75, 3.05) is 5.32 Å². The van der Waals surface area contributed by atoms with E-state index < -0.39 is 17.7 Å². The van der Waals surface area contributed by atoms with Gasteiger partial charge in [0.05, 0.1) is 0 Å². The van der Waals surface area contributed by atoms with E-state index in [4.69, 9.17) is 9.47 Å². The highest BCUT2D eigenvalue weighted by atomic mass is 16.7. The molecule has 0 amide bonds. The van der Waals surface area contributed by atoms with Gasteiger partial charge in [-0.1, -0.05) is 32.9 Å². The summed E-state index contributed by atoms with van der Waals surface area (Å²) in [4.78, 5) is 23.7. The molecule has 0 aromatic heterocycles. The Morgan fingerprint density at radius 2 is 1.68 bits per heavy atom. The van der Waals surface area contributed by atoms with Crippen LogP contribution in [0.15, 0.2) is 36.0 Å². The number of esters is 2. The number of carbonyl (C=O) groups excluding carboxylic acids is 2. The minimum Gasteiger partial charge on any atom is -0.419 e. The maximum atomic E-state index is 11.8. The third-order valence-electron chi connectivity index (χ3n) is 3.23. The molecule has 0 spiro atoms. The van der Waals surface area contributed by atoms with Crippen LogP contribution in [0.2, 0.25) is 0 Å². The molecule has 2 rings (SSSR count). The minimum atomic E-state index is -1.22. The fourth-order valence-corrected chi connectivity index (χ4v) is 2.01. The maximum absolute atomic E-state index is 11.8. The second-order valence-electron chi connectivity index (χ2n) is 6.71. The Hall–Kier alpha value is -2.30. The van der Waals surface area contributed by atoms with Gasteiger partial charge in [0.2, 0.25) is 0 Å². The molecule has 118 valence electrons. The van der Waals surface area contributed by atoms with Crippen molar-refractivity contribution in [3.63, 3.8) is 0 Å². The Morgan fingerprint density at radius 1 is 1.09 bits per heavy atom. The average Bonchev–Trinajstić information content (AvgIpc) is 2.35. The third kappa shape index (κ3) is 3.67. The first kappa shape index (κ1) is 16.1. The lowest BCUT2D eigenvalue weighted by Gasteiger charge is -2.29. The van der Waals surface area contributed by atoms with E-state index in [-0.39, 0.29) is 11.0 Å². The highest BCUT2D eigenvalue weighted by Gasteiger charge is 2.38. The lowest BCUT2D eigenvalue weighted by atomic mass is 9.87. The van der Waals surface area contributed by atoms with Crippen LogP contribution in [0, 0.1) is 0 Å². The highest BCUT2D eigenvalue weighted by Crippen LogP contribution is 2.26. The molecule has 0 unspecified atom stereocenters. The number of hydrogen-bond donors (Lipinski definition) is 1. The molecule has 1 heterocycles. The molecule has 22 heavy (non-hydrogen) atoms. The van der Waals surface area contributed by atoms with E-state index in [1.54, 1.807) is 0 Å². The summed E-state index contributed by atoms with van der Waals surface area (Å²) < 4.78 is 10.1. The maximum Gasteiger partial charge on any atom is 0.350 e. The van der Waals surface area contributed by atoms with Gasteiger partial charge < -0.3 is 14.8 Å². The van der Waals surface area contributed by atoms with Crippen LogP contribution in [0.1, 0.15) is 40.2 Å². The molecule has 5 heteroatoms. The predicted molar refractivity (Wildman–Crippen MR) is 83.1 cm³/mol. The van der Waals surface area contributed by atoms with Gasteiger partial charge in [0, 0.05) is 25.7 Å². The van der Waals surface area contributed by atoms with Gasteiger partial charge in [0.25, 0.3) is 5.79 Å². The fraction of sp³-hybridized carbons (Fsp3) is 0.412. The lowest BCUT2D eigenvalue weighted by molar-refractivity contribution is -0.222. The van der Waals surface area contributed by atoms with Crippen molar-refractivity contribution in [2.24, 2.45) is 0 Å². The Kier molecular flexibility index (Phi) is 4.00. The number of benzene rings is 1. The van der Waals surface area contributed by atoms with Crippen LogP contribution in [0.3, 0.4) is 0 Å². The number of hydrogen-bond acceptors (Lipinski definition) is 5. The van der Waals surface area contributed by atoms with Gasteiger partial charge in [-0.3, -0.25) is 0 Å². The normalized spacial score (nSPS) is 17.6. The lowest BCUT2D eigenvalue weighted by Crippen LogP contribution is -2.42. The van der Waals surface area contributed by atoms with Gasteiger partial charge >= 0.3 is 11.9 Å². The molecule has 1 saturated heterocycles. The van der Waals surface area contributed by atoms with Crippen LogP contribution in [0.4, 0.5) is 5.69 Å². The molecule has 1 fully saturated rings. The van der Waals surface area contributed by atoms with Crippen molar-refractivity contribution in [3.05, 3.63) is 41.6 Å². The summed E-state index contributed by atoms with van der Waals surface area (Å²) >= 11 is 0. The third-order valence-corrected chi connectivity index (χ3v) is 3.23. The zero-order chi connectivity index (χ0) is 16.5. The molecule has 0 aliphatic carbocycles. The van der Waals surface area contributed by atoms with E-state index in [0.717, 1.165) is 11.3 Å². The van der Waals surface area contributed by atoms with Gasteiger partial charge in [-0.2, -0.15) is 0 Å². The first-order valence-corrected chi connectivity index (χ1v) is 7.12. The van der Waals surface area contributed by atoms with Gasteiger partial charge in [-0.15, -0.1) is 0 Å². The number of cyclic esters (lactones) is 2. The highest BCUT2D eigenvalue weighted by molar-refractivity contribution is 6.15. The van der Waals surface area contributed by atoms with Crippen LogP contribution in [-0.4, -0.2) is 17.7 Å². The van der Waals surface area contributed by atoms with Crippen LogP contribution in [0.25, 0.3) is 0 Å². The average molecular weight is 303 g/mol. The van der Waals surface area contributed by atoms with Crippen molar-refractivity contribution in [1.29, 1.82) is 0 Å². The Balaban J connectivity index is 2.19. The van der Waals surface area contributed by atoms with Crippen molar-refractivity contribution < 1.29 is 19.1 Å². The van der Waals surface area contributed by atoms with Gasteiger partial charge in [-0.05, 0) is 23.1 Å². The second kappa shape index (κ2) is 5.48. The van der Waals surface area contributed by atoms with E-state index in [0.29, 0.717) is 0 Å². The fourth-order valence-electron chi connectivity index (χ4n) is 2.01. The molecule has 1 aliphatic rings. The summed E-state index contributed by atoms with van der Waals surface area (Å²) in [5.41, 5.74) is 1.79. The van der Waals surface area contributed by atoms with Gasteiger partial charge in [-0.25, -0.2) is 9.59 Å². The Morgan fingerprint density at radius 3 is 2.23 bits per heavy atom. The molecular weight excluding hydrogens is 282 g/mol. The van der Waals surface area contributed by atoms with Crippen molar-refractivity contribution in [2.45, 2.75) is 45.8 Å². The minimum absolute atomic E-state index is 0.0115. The van der Waals surface area contributed by atoms with Crippen molar-refractivity contribution >= 4 is 17.6 Å². The molecule has 0 bridgehead atoms. The van der Waals surface area contributed by atoms with Crippen LogP contribution < -0.4 is 5.32 Å². The molecule has 1 aliphatic heterocycles. The first-order chi connectivity index (χ1) is 10.1. The van der Waals surface area contributed by atoms with E-state index in [9.17, 15) is 9.59 Å². The first-order valence-electron chi connectivity index (χ1n) is 7.12. The standard InChI is InChI=1S/C17H21NO4/c1-16(2,3)11-7-6-8-12(9-11)18-10-13-14(19)21-17(4,5)22-15(13)20/h6-10,18H,1-5H3. The largest absolute Gasteiger partial charge is 0.419 e. The molecule has 1 aromatic rings. The zero-order valence-electron chi connectivity index (χ0n) is 13.5. The Bertz CT molecular complexity index is 616. The Labute approximate surface area is 130 Å². The van der Waals surface area contributed by atoms with Gasteiger partial charge in [0.15, 0.2) is 5.57 Å². The molecule has 1 aromatic carbocycles. The van der Waals surface area contributed by atoms with Crippen LogP contribution in [0.5, 0.6) is 0 Å². The summed E-state index contributed by atoms with van der Waals surface area (Å²) in [5.74, 6) is -2.61. The number of anilines is 1. The topological polar surface area (TPSA) is 64.6 Å². The number of nitrogens with one attached hydrogen (secondary N) is 1. The number of carbonyl (C=O) groups is 2. The molecule has 0 radical (unpaired) electrons. The van der Waals surface area contributed by atoms with E-state index >= 15 is 0 Å². The molecule has 0 atom stereocenters. The van der Waals surface area contributed by atoms with Crippen molar-refractivity contribution in [3.8, 4) is 0 Å². The van der Waals surface area contributed by atoms with Crippen molar-refractivity contribution in [1.82, 2.24) is 0 Å². The summed E-state index contributed by atoms with van der Waals surface area (Å²) in [6.45, 7) is 9.37. The van der Waals surface area contributed by atoms with E-state index in [2.05, 4.69) is 26.1 Å². The summed E-state index contributed by atoms with van der Waals surface area (Å²) in [6, 6.07) is 7.78. The SMILES string of the molecule is CC1(C)OC(=O)C(=CNc2cccc(C(C)(C)C)c2)C(=O)O1. The molecule has 5 nitrogen and oxygen atoms in total. The second-order valence-corrected chi connectivity index (χ2v) is 6.71. The van der Waals surface area contributed by atoms with Crippen LogP contribution >= 0.6 is 0 Å². The molecule has 0 saturated carbocycles. The number of rotatable bonds is 2. The van der Waals surface area contributed by atoms with E-state index in [1.165, 1.54) is 20.0 Å². The smallest absolute Gasteiger partial charge is 0.350 e. The summed E-state index contributed by atoms with van der Waals surface area (Å²) in [5, 5.41) is 2.95. The monoisotopic (exact) mass is 303 g/mol.